The van der Waals surface area contributed by atoms with Gasteiger partial charge < -0.3 is 10.0 Å². The summed E-state index contributed by atoms with van der Waals surface area (Å²) in [6.45, 7) is 8.81. The van der Waals surface area contributed by atoms with Crippen LogP contribution in [0, 0.1) is 26.2 Å². The van der Waals surface area contributed by atoms with Crippen molar-refractivity contribution >= 4 is 11.9 Å². The van der Waals surface area contributed by atoms with E-state index >= 15 is 0 Å². The van der Waals surface area contributed by atoms with Crippen LogP contribution in [0.1, 0.15) is 42.0 Å². The summed E-state index contributed by atoms with van der Waals surface area (Å²) in [6.07, 6.45) is 1.74. The smallest absolute Gasteiger partial charge is 0.311 e. The Morgan fingerprint density at radius 1 is 1.23 bits per heavy atom. The highest BCUT2D eigenvalue weighted by atomic mass is 16.4. The molecule has 4 heteroatoms. The number of aryl methyl sites for hydroxylation is 3. The lowest BCUT2D eigenvalue weighted by Gasteiger charge is -2.37. The fourth-order valence-corrected chi connectivity index (χ4v) is 3.38. The van der Waals surface area contributed by atoms with E-state index in [9.17, 15) is 14.7 Å². The van der Waals surface area contributed by atoms with Gasteiger partial charge in [0.15, 0.2) is 0 Å². The Balaban J connectivity index is 2.14. The van der Waals surface area contributed by atoms with Gasteiger partial charge in [-0.05, 0) is 57.2 Å². The van der Waals surface area contributed by atoms with Gasteiger partial charge in [-0.1, -0.05) is 17.7 Å². The van der Waals surface area contributed by atoms with Crippen molar-refractivity contribution in [3.05, 3.63) is 34.4 Å². The number of benzene rings is 1. The number of rotatable bonds is 3. The zero-order chi connectivity index (χ0) is 16.5. The Morgan fingerprint density at radius 2 is 1.82 bits per heavy atom. The molecule has 0 aliphatic carbocycles. The second-order valence-corrected chi connectivity index (χ2v) is 6.84. The van der Waals surface area contributed by atoms with Gasteiger partial charge in [-0.15, -0.1) is 0 Å². The van der Waals surface area contributed by atoms with Gasteiger partial charge in [0.2, 0.25) is 5.91 Å². The summed E-state index contributed by atoms with van der Waals surface area (Å²) >= 11 is 0. The van der Waals surface area contributed by atoms with Crippen LogP contribution >= 0.6 is 0 Å². The van der Waals surface area contributed by atoms with E-state index in [4.69, 9.17) is 0 Å². The highest BCUT2D eigenvalue weighted by Gasteiger charge is 2.39. The highest BCUT2D eigenvalue weighted by Crippen LogP contribution is 2.30. The molecule has 4 nitrogen and oxygen atoms in total. The Hall–Kier alpha value is -1.84. The molecule has 0 saturated carbocycles. The predicted molar refractivity (Wildman–Crippen MR) is 85.9 cm³/mol. The summed E-state index contributed by atoms with van der Waals surface area (Å²) in [5, 5.41) is 9.37. The first-order valence-electron chi connectivity index (χ1n) is 7.81. The fraction of sp³-hybridized carbons (Fsp3) is 0.556. The largest absolute Gasteiger partial charge is 0.481 e. The average molecular weight is 303 g/mol. The average Bonchev–Trinajstić information content (AvgIpc) is 2.42. The van der Waals surface area contributed by atoms with E-state index in [0.29, 0.717) is 25.9 Å². The van der Waals surface area contributed by atoms with Crippen LogP contribution in [0.25, 0.3) is 0 Å². The molecule has 2 rings (SSSR count). The summed E-state index contributed by atoms with van der Waals surface area (Å²) in [6, 6.07) is 4.18. The molecule has 1 atom stereocenters. The lowest BCUT2D eigenvalue weighted by Crippen LogP contribution is -2.48. The van der Waals surface area contributed by atoms with Crippen molar-refractivity contribution in [2.75, 3.05) is 13.1 Å². The molecule has 0 bridgehead atoms. The Labute approximate surface area is 132 Å². The Morgan fingerprint density at radius 3 is 2.36 bits per heavy atom. The zero-order valence-corrected chi connectivity index (χ0v) is 13.9. The molecule has 1 aliphatic rings. The number of carbonyl (C=O) groups is 2. The number of carbonyl (C=O) groups excluding carboxylic acids is 1. The summed E-state index contributed by atoms with van der Waals surface area (Å²) in [5.74, 6) is -0.782. The molecule has 1 N–H and O–H groups in total. The van der Waals surface area contributed by atoms with Crippen molar-refractivity contribution in [2.24, 2.45) is 5.41 Å². The predicted octanol–water partition coefficient (Wildman–Crippen LogP) is 2.87. The van der Waals surface area contributed by atoms with E-state index in [1.54, 1.807) is 11.8 Å². The monoisotopic (exact) mass is 303 g/mol. The van der Waals surface area contributed by atoms with Gasteiger partial charge in [-0.25, -0.2) is 0 Å². The highest BCUT2D eigenvalue weighted by molar-refractivity contribution is 5.81. The molecule has 120 valence electrons. The number of amides is 1. The van der Waals surface area contributed by atoms with Gasteiger partial charge in [0.25, 0.3) is 0 Å². The van der Waals surface area contributed by atoms with E-state index in [-0.39, 0.29) is 5.91 Å². The molecule has 1 unspecified atom stereocenters. The molecular formula is C18H25NO3. The molecular weight excluding hydrogens is 278 g/mol. The number of nitrogens with zero attached hydrogens (tertiary/aromatic N) is 1. The van der Waals surface area contributed by atoms with Crippen LogP contribution in [0.2, 0.25) is 0 Å². The Bertz CT molecular complexity index is 585. The quantitative estimate of drug-likeness (QED) is 0.934. The van der Waals surface area contributed by atoms with Crippen LogP contribution in [0.15, 0.2) is 12.1 Å². The molecule has 1 aliphatic heterocycles. The molecule has 1 saturated heterocycles. The van der Waals surface area contributed by atoms with Crippen LogP contribution in [-0.4, -0.2) is 35.0 Å². The fourth-order valence-electron chi connectivity index (χ4n) is 3.38. The van der Waals surface area contributed by atoms with Gasteiger partial charge >= 0.3 is 5.97 Å². The number of hydrogen-bond donors (Lipinski definition) is 1. The summed E-state index contributed by atoms with van der Waals surface area (Å²) in [7, 11) is 0. The molecule has 0 spiro atoms. The molecule has 0 radical (unpaired) electrons. The molecule has 22 heavy (non-hydrogen) atoms. The third-order valence-electron chi connectivity index (χ3n) is 4.73. The molecule has 0 aromatic heterocycles. The minimum absolute atomic E-state index is 0.0298. The summed E-state index contributed by atoms with van der Waals surface area (Å²) < 4.78 is 0. The van der Waals surface area contributed by atoms with E-state index in [2.05, 4.69) is 19.1 Å². The topological polar surface area (TPSA) is 57.6 Å². The lowest BCUT2D eigenvalue weighted by atomic mass is 9.82. The van der Waals surface area contributed by atoms with E-state index in [1.807, 2.05) is 13.8 Å². The first-order chi connectivity index (χ1) is 10.2. The normalized spacial score (nSPS) is 21.7. The van der Waals surface area contributed by atoms with Gasteiger partial charge in [-0.2, -0.15) is 0 Å². The first kappa shape index (κ1) is 16.5. The SMILES string of the molecule is Cc1cc(C)c(CC(=O)N2CCCC(C)(C(=O)O)C2)c(C)c1. The van der Waals surface area contributed by atoms with Crippen LogP contribution in [0.3, 0.4) is 0 Å². The van der Waals surface area contributed by atoms with Gasteiger partial charge in [0, 0.05) is 13.1 Å². The zero-order valence-electron chi connectivity index (χ0n) is 13.9. The number of piperidine rings is 1. The molecule has 1 aromatic carbocycles. The summed E-state index contributed by atoms with van der Waals surface area (Å²) in [5.41, 5.74) is 3.71. The molecule has 1 amide bonds. The maximum atomic E-state index is 12.6. The minimum atomic E-state index is -0.814. The maximum absolute atomic E-state index is 12.6. The third kappa shape index (κ3) is 3.32. The summed E-state index contributed by atoms with van der Waals surface area (Å²) in [4.78, 5) is 25.7. The van der Waals surface area contributed by atoms with Gasteiger partial charge in [-0.3, -0.25) is 9.59 Å². The van der Waals surface area contributed by atoms with Crippen LogP contribution in [-0.2, 0) is 16.0 Å². The van der Waals surface area contributed by atoms with Crippen molar-refractivity contribution in [3.8, 4) is 0 Å². The molecule has 1 fully saturated rings. The van der Waals surface area contributed by atoms with Crippen molar-refractivity contribution in [1.29, 1.82) is 0 Å². The van der Waals surface area contributed by atoms with Crippen molar-refractivity contribution in [2.45, 2.75) is 47.0 Å². The van der Waals surface area contributed by atoms with Crippen molar-refractivity contribution in [1.82, 2.24) is 4.90 Å². The van der Waals surface area contributed by atoms with E-state index in [1.165, 1.54) is 5.56 Å². The van der Waals surface area contributed by atoms with E-state index in [0.717, 1.165) is 23.1 Å². The standard InChI is InChI=1S/C18H25NO3/c1-12-8-13(2)15(14(3)9-12)10-16(20)19-7-5-6-18(4,11-19)17(21)22/h8-9H,5-7,10-11H2,1-4H3,(H,21,22). The minimum Gasteiger partial charge on any atom is -0.481 e. The molecule has 1 heterocycles. The second-order valence-electron chi connectivity index (χ2n) is 6.84. The molecule has 1 aromatic rings. The number of aliphatic carboxylic acids is 1. The van der Waals surface area contributed by atoms with Crippen molar-refractivity contribution in [3.63, 3.8) is 0 Å². The van der Waals surface area contributed by atoms with Crippen LogP contribution < -0.4 is 0 Å². The number of likely N-dealkylation sites (tertiary alicyclic amines) is 1. The van der Waals surface area contributed by atoms with Gasteiger partial charge in [0.05, 0.1) is 11.8 Å². The Kier molecular flexibility index (Phi) is 4.59. The maximum Gasteiger partial charge on any atom is 0.311 e. The van der Waals surface area contributed by atoms with Crippen LogP contribution in [0.4, 0.5) is 0 Å². The first-order valence-corrected chi connectivity index (χ1v) is 7.81. The number of carboxylic acids is 1. The lowest BCUT2D eigenvalue weighted by molar-refractivity contribution is -0.153. The number of hydrogen-bond acceptors (Lipinski definition) is 2. The van der Waals surface area contributed by atoms with Gasteiger partial charge in [0.1, 0.15) is 0 Å². The van der Waals surface area contributed by atoms with Crippen LogP contribution in [0.5, 0.6) is 0 Å². The van der Waals surface area contributed by atoms with Crippen molar-refractivity contribution < 1.29 is 14.7 Å². The third-order valence-corrected chi connectivity index (χ3v) is 4.73. The van der Waals surface area contributed by atoms with E-state index < -0.39 is 11.4 Å². The second kappa shape index (κ2) is 6.11. The number of carboxylic acid groups (broad SMARTS) is 1.